The maximum absolute atomic E-state index is 12.8. The first-order valence-electron chi connectivity index (χ1n) is 9.51. The van der Waals surface area contributed by atoms with Crippen molar-refractivity contribution in [2.24, 2.45) is 0 Å². The SMILES string of the molecule is Cc1onc(C(=O)Nc2nn(Cc3ccc(Br)cc3)cc2Cl)c1COc1cccc(Cl)c1. The second-order valence-corrected chi connectivity index (χ2v) is 8.68. The van der Waals surface area contributed by atoms with Crippen molar-refractivity contribution in [3.63, 3.8) is 0 Å². The summed E-state index contributed by atoms with van der Waals surface area (Å²) in [6, 6.07) is 14.8. The minimum absolute atomic E-state index is 0.0875. The predicted octanol–water partition coefficient (Wildman–Crippen LogP) is 6.13. The Hall–Kier alpha value is -2.81. The van der Waals surface area contributed by atoms with Crippen LogP contribution in [-0.4, -0.2) is 20.8 Å². The van der Waals surface area contributed by atoms with Crippen LogP contribution in [-0.2, 0) is 13.2 Å². The third kappa shape index (κ3) is 5.32. The summed E-state index contributed by atoms with van der Waals surface area (Å²) in [7, 11) is 0. The van der Waals surface area contributed by atoms with Gasteiger partial charge < -0.3 is 14.6 Å². The molecule has 1 amide bonds. The molecule has 0 atom stereocenters. The average molecular weight is 536 g/mol. The Balaban J connectivity index is 1.46. The van der Waals surface area contributed by atoms with E-state index in [1.165, 1.54) is 0 Å². The van der Waals surface area contributed by atoms with Crippen molar-refractivity contribution in [2.45, 2.75) is 20.1 Å². The molecule has 1 N–H and O–H groups in total. The number of anilines is 1. The summed E-state index contributed by atoms with van der Waals surface area (Å²) in [5, 5.41) is 11.8. The number of aromatic nitrogens is 3. The van der Waals surface area contributed by atoms with Gasteiger partial charge in [0.1, 0.15) is 23.1 Å². The number of nitrogens with zero attached hydrogens (tertiary/aromatic N) is 3. The van der Waals surface area contributed by atoms with Gasteiger partial charge in [0.05, 0.1) is 12.1 Å². The topological polar surface area (TPSA) is 82.2 Å². The highest BCUT2D eigenvalue weighted by Gasteiger charge is 2.22. The van der Waals surface area contributed by atoms with Gasteiger partial charge in [-0.2, -0.15) is 5.10 Å². The number of nitrogens with one attached hydrogen (secondary N) is 1. The monoisotopic (exact) mass is 534 g/mol. The molecule has 0 aliphatic heterocycles. The number of rotatable bonds is 7. The largest absolute Gasteiger partial charge is 0.489 e. The van der Waals surface area contributed by atoms with E-state index < -0.39 is 5.91 Å². The number of hydrogen-bond acceptors (Lipinski definition) is 5. The molecule has 0 radical (unpaired) electrons. The lowest BCUT2D eigenvalue weighted by Crippen LogP contribution is -2.16. The van der Waals surface area contributed by atoms with E-state index in [0.29, 0.717) is 33.7 Å². The number of hydrogen-bond donors (Lipinski definition) is 1. The molecule has 2 aromatic heterocycles. The molecule has 4 aromatic rings. The molecule has 10 heteroatoms. The fourth-order valence-electron chi connectivity index (χ4n) is 2.96. The first kappa shape index (κ1) is 22.4. The van der Waals surface area contributed by atoms with E-state index >= 15 is 0 Å². The zero-order valence-electron chi connectivity index (χ0n) is 16.8. The molecular formula is C22H17BrCl2N4O3. The Bertz CT molecular complexity index is 1250. The van der Waals surface area contributed by atoms with E-state index in [1.807, 2.05) is 24.3 Å². The number of ether oxygens (including phenoxy) is 1. The Morgan fingerprint density at radius 3 is 2.75 bits per heavy atom. The molecule has 0 fully saturated rings. The van der Waals surface area contributed by atoms with E-state index in [0.717, 1.165) is 10.0 Å². The van der Waals surface area contributed by atoms with Crippen LogP contribution in [0.1, 0.15) is 27.4 Å². The van der Waals surface area contributed by atoms with Gasteiger partial charge in [-0.05, 0) is 42.8 Å². The van der Waals surface area contributed by atoms with E-state index in [1.54, 1.807) is 42.1 Å². The molecular weight excluding hydrogens is 519 g/mol. The second kappa shape index (κ2) is 9.77. The van der Waals surface area contributed by atoms with Crippen LogP contribution in [0.15, 0.2) is 63.7 Å². The molecule has 0 saturated carbocycles. The lowest BCUT2D eigenvalue weighted by atomic mass is 10.2. The Labute approximate surface area is 202 Å². The Kier molecular flexibility index (Phi) is 6.83. The Morgan fingerprint density at radius 1 is 1.22 bits per heavy atom. The van der Waals surface area contributed by atoms with Crippen LogP contribution in [0.5, 0.6) is 5.75 Å². The summed E-state index contributed by atoms with van der Waals surface area (Å²) in [6.45, 7) is 2.30. The number of carbonyl (C=O) groups excluding carboxylic acids is 1. The van der Waals surface area contributed by atoms with Crippen LogP contribution in [0.25, 0.3) is 0 Å². The van der Waals surface area contributed by atoms with Gasteiger partial charge in [0, 0.05) is 15.7 Å². The molecule has 2 heterocycles. The van der Waals surface area contributed by atoms with Crippen LogP contribution in [0.4, 0.5) is 5.82 Å². The van der Waals surface area contributed by atoms with E-state index in [4.69, 9.17) is 32.5 Å². The summed E-state index contributed by atoms with van der Waals surface area (Å²) in [5.41, 5.74) is 1.66. The highest BCUT2D eigenvalue weighted by Crippen LogP contribution is 2.24. The molecule has 4 rings (SSSR count). The molecule has 7 nitrogen and oxygen atoms in total. The van der Waals surface area contributed by atoms with Crippen molar-refractivity contribution in [2.75, 3.05) is 5.32 Å². The van der Waals surface area contributed by atoms with Gasteiger partial charge in [-0.15, -0.1) is 0 Å². The molecule has 32 heavy (non-hydrogen) atoms. The number of aryl methyl sites for hydroxylation is 1. The molecule has 0 aliphatic carbocycles. The summed E-state index contributed by atoms with van der Waals surface area (Å²) < 4.78 is 13.6. The zero-order chi connectivity index (χ0) is 22.7. The first-order chi connectivity index (χ1) is 15.4. The molecule has 0 saturated heterocycles. The molecule has 0 bridgehead atoms. The van der Waals surface area contributed by atoms with Crippen molar-refractivity contribution >= 4 is 50.9 Å². The maximum Gasteiger partial charge on any atom is 0.279 e. The predicted molar refractivity (Wildman–Crippen MR) is 125 cm³/mol. The summed E-state index contributed by atoms with van der Waals surface area (Å²) in [4.78, 5) is 12.8. The lowest BCUT2D eigenvalue weighted by Gasteiger charge is -2.07. The van der Waals surface area contributed by atoms with Crippen molar-refractivity contribution in [3.05, 3.63) is 91.8 Å². The van der Waals surface area contributed by atoms with Gasteiger partial charge in [0.25, 0.3) is 5.91 Å². The van der Waals surface area contributed by atoms with Crippen molar-refractivity contribution in [1.29, 1.82) is 0 Å². The van der Waals surface area contributed by atoms with E-state index in [2.05, 4.69) is 31.5 Å². The normalized spacial score (nSPS) is 10.9. The maximum atomic E-state index is 12.8. The van der Waals surface area contributed by atoms with Crippen LogP contribution < -0.4 is 10.1 Å². The zero-order valence-corrected chi connectivity index (χ0v) is 19.9. The van der Waals surface area contributed by atoms with E-state index in [9.17, 15) is 4.79 Å². The average Bonchev–Trinajstić information content (AvgIpc) is 3.30. The number of amides is 1. The van der Waals surface area contributed by atoms with Gasteiger partial charge in [-0.3, -0.25) is 9.48 Å². The third-order valence-corrected chi connectivity index (χ3v) is 5.63. The third-order valence-electron chi connectivity index (χ3n) is 4.59. The summed E-state index contributed by atoms with van der Waals surface area (Å²) in [5.74, 6) is 0.779. The standard InChI is InChI=1S/C22H17BrCl2N4O3/c1-13-18(12-31-17-4-2-3-16(24)9-17)20(28-32-13)22(30)26-21-19(25)11-29(27-21)10-14-5-7-15(23)8-6-14/h2-9,11H,10,12H2,1H3,(H,26,27,30). The minimum Gasteiger partial charge on any atom is -0.489 e. The fraction of sp³-hybridized carbons (Fsp3) is 0.136. The second-order valence-electron chi connectivity index (χ2n) is 6.92. The molecule has 0 unspecified atom stereocenters. The summed E-state index contributed by atoms with van der Waals surface area (Å²) in [6.07, 6.45) is 1.65. The summed E-state index contributed by atoms with van der Waals surface area (Å²) >= 11 is 15.7. The van der Waals surface area contributed by atoms with Gasteiger partial charge in [-0.1, -0.05) is 62.5 Å². The molecule has 2 aromatic carbocycles. The van der Waals surface area contributed by atoms with Gasteiger partial charge in [-0.25, -0.2) is 0 Å². The van der Waals surface area contributed by atoms with Crippen molar-refractivity contribution in [3.8, 4) is 5.75 Å². The van der Waals surface area contributed by atoms with Gasteiger partial charge >= 0.3 is 0 Å². The number of benzene rings is 2. The fourth-order valence-corrected chi connectivity index (χ4v) is 3.60. The van der Waals surface area contributed by atoms with Crippen molar-refractivity contribution in [1.82, 2.24) is 14.9 Å². The van der Waals surface area contributed by atoms with Gasteiger partial charge in [0.2, 0.25) is 0 Å². The molecule has 0 aliphatic rings. The van der Waals surface area contributed by atoms with Crippen LogP contribution >= 0.6 is 39.1 Å². The van der Waals surface area contributed by atoms with Crippen molar-refractivity contribution < 1.29 is 14.1 Å². The first-order valence-corrected chi connectivity index (χ1v) is 11.1. The highest BCUT2D eigenvalue weighted by molar-refractivity contribution is 9.10. The van der Waals surface area contributed by atoms with Crippen LogP contribution in [0.2, 0.25) is 10.0 Å². The smallest absolute Gasteiger partial charge is 0.279 e. The molecule has 164 valence electrons. The highest BCUT2D eigenvalue weighted by atomic mass is 79.9. The Morgan fingerprint density at radius 2 is 2.00 bits per heavy atom. The van der Waals surface area contributed by atoms with Crippen LogP contribution in [0, 0.1) is 6.92 Å². The molecule has 0 spiro atoms. The van der Waals surface area contributed by atoms with E-state index in [-0.39, 0.29) is 18.1 Å². The lowest BCUT2D eigenvalue weighted by molar-refractivity contribution is 0.101. The minimum atomic E-state index is -0.498. The number of halogens is 3. The quantitative estimate of drug-likeness (QED) is 0.308. The van der Waals surface area contributed by atoms with Gasteiger partial charge in [0.15, 0.2) is 11.5 Å². The van der Waals surface area contributed by atoms with Crippen LogP contribution in [0.3, 0.4) is 0 Å². The number of carbonyl (C=O) groups is 1.